The van der Waals surface area contributed by atoms with E-state index < -0.39 is 0 Å². The van der Waals surface area contributed by atoms with Crippen LogP contribution in [0.4, 0.5) is 5.69 Å². The Hall–Kier alpha value is -1.03. The van der Waals surface area contributed by atoms with Crippen LogP contribution < -0.4 is 4.90 Å². The van der Waals surface area contributed by atoms with E-state index in [9.17, 15) is 4.79 Å². The lowest BCUT2D eigenvalue weighted by atomic mass is 10.0. The number of fused-ring (bicyclic) bond motifs is 1. The maximum absolute atomic E-state index is 11.8. The van der Waals surface area contributed by atoms with Gasteiger partial charge in [0, 0.05) is 22.8 Å². The Bertz CT molecular complexity index is 732. The third-order valence-corrected chi connectivity index (χ3v) is 5.31. The van der Waals surface area contributed by atoms with Crippen molar-refractivity contribution in [1.29, 1.82) is 0 Å². The van der Waals surface area contributed by atoms with E-state index >= 15 is 0 Å². The van der Waals surface area contributed by atoms with Crippen LogP contribution in [0.3, 0.4) is 0 Å². The first kappa shape index (κ1) is 14.9. The number of nitrogens with zero attached hydrogens (tertiary/aromatic N) is 1. The highest BCUT2D eigenvalue weighted by Gasteiger charge is 2.25. The molecule has 0 saturated carbocycles. The predicted octanol–water partition coefficient (Wildman–Crippen LogP) is 5.00. The van der Waals surface area contributed by atoms with Crippen molar-refractivity contribution in [2.45, 2.75) is 11.2 Å². The Kier molecular flexibility index (Phi) is 4.00. The maximum Gasteiger partial charge on any atom is 0.231 e. The molecule has 1 aliphatic heterocycles. The molecule has 1 unspecified atom stereocenters. The molecule has 0 aliphatic carbocycles. The van der Waals surface area contributed by atoms with Gasteiger partial charge in [-0.15, -0.1) is 0 Å². The average Bonchev–Trinajstić information content (AvgIpc) is 2.75. The summed E-state index contributed by atoms with van der Waals surface area (Å²) in [6.07, 6.45) is 0.447. The summed E-state index contributed by atoms with van der Waals surface area (Å²) in [7, 11) is 1.80. The van der Waals surface area contributed by atoms with E-state index in [1.807, 2.05) is 24.3 Å². The first-order chi connectivity index (χ1) is 9.97. The summed E-state index contributed by atoms with van der Waals surface area (Å²) in [6, 6.07) is 11.4. The van der Waals surface area contributed by atoms with Gasteiger partial charge in [0.25, 0.3) is 0 Å². The molecule has 0 spiro atoms. The summed E-state index contributed by atoms with van der Waals surface area (Å²) >= 11 is 16.0. The van der Waals surface area contributed by atoms with Crippen molar-refractivity contribution in [3.63, 3.8) is 0 Å². The van der Waals surface area contributed by atoms with Gasteiger partial charge >= 0.3 is 0 Å². The van der Waals surface area contributed by atoms with Gasteiger partial charge in [-0.3, -0.25) is 4.79 Å². The van der Waals surface area contributed by atoms with Crippen LogP contribution in [0.25, 0.3) is 0 Å². The van der Waals surface area contributed by atoms with Gasteiger partial charge in [0.05, 0.1) is 11.2 Å². The van der Waals surface area contributed by atoms with Gasteiger partial charge in [-0.2, -0.15) is 0 Å². The third kappa shape index (κ3) is 2.70. The summed E-state index contributed by atoms with van der Waals surface area (Å²) in [6.45, 7) is 0. The molecule has 0 aromatic heterocycles. The lowest BCUT2D eigenvalue weighted by Crippen LogP contribution is -2.20. The largest absolute Gasteiger partial charge is 0.315 e. The molecule has 0 N–H and O–H groups in total. The van der Waals surface area contributed by atoms with Crippen LogP contribution in [0.1, 0.15) is 21.5 Å². The molecule has 5 heteroatoms. The molecule has 21 heavy (non-hydrogen) atoms. The molecule has 2 aromatic rings. The Morgan fingerprint density at radius 1 is 1.19 bits per heavy atom. The number of carbonyl (C=O) groups excluding carboxylic acids is 1. The number of halogens is 3. The van der Waals surface area contributed by atoms with E-state index in [4.69, 9.17) is 23.2 Å². The van der Waals surface area contributed by atoms with E-state index in [1.54, 1.807) is 24.1 Å². The molecule has 2 nitrogen and oxygen atoms in total. The molecular formula is C16H12BrCl2NO. The van der Waals surface area contributed by atoms with Gasteiger partial charge in [-0.25, -0.2) is 0 Å². The molecule has 1 heterocycles. The molecule has 0 saturated heterocycles. The highest BCUT2D eigenvalue weighted by molar-refractivity contribution is 9.09. The zero-order valence-corrected chi connectivity index (χ0v) is 14.3. The zero-order chi connectivity index (χ0) is 15.1. The molecule has 2 aromatic carbocycles. The third-order valence-electron chi connectivity index (χ3n) is 3.70. The number of anilines is 1. The van der Waals surface area contributed by atoms with Crippen molar-refractivity contribution in [3.8, 4) is 0 Å². The van der Waals surface area contributed by atoms with Crippen molar-refractivity contribution < 1.29 is 4.79 Å². The second-order valence-electron chi connectivity index (χ2n) is 5.05. The molecule has 0 radical (unpaired) electrons. The van der Waals surface area contributed by atoms with Crippen LogP contribution in [-0.4, -0.2) is 13.0 Å². The minimum atomic E-state index is -0.0602. The van der Waals surface area contributed by atoms with Crippen LogP contribution in [0.15, 0.2) is 36.4 Å². The van der Waals surface area contributed by atoms with E-state index in [2.05, 4.69) is 15.9 Å². The number of hydrogen-bond donors (Lipinski definition) is 0. The van der Waals surface area contributed by atoms with Crippen molar-refractivity contribution in [1.82, 2.24) is 0 Å². The summed E-state index contributed by atoms with van der Waals surface area (Å²) in [5, 5.41) is 1.31. The van der Waals surface area contributed by atoms with Crippen LogP contribution >= 0.6 is 39.1 Å². The zero-order valence-electron chi connectivity index (χ0n) is 11.2. The Labute approximate surface area is 141 Å². The monoisotopic (exact) mass is 383 g/mol. The Morgan fingerprint density at radius 3 is 2.71 bits per heavy atom. The predicted molar refractivity (Wildman–Crippen MR) is 90.8 cm³/mol. The maximum atomic E-state index is 11.8. The van der Waals surface area contributed by atoms with Crippen LogP contribution in [0, 0.1) is 0 Å². The molecule has 1 amide bonds. The second kappa shape index (κ2) is 5.64. The standard InChI is InChI=1S/C16H12BrCl2NO/c1-20-14-5-2-9(6-10(14)7-15(20)21)16(17)12-8-11(18)3-4-13(12)19/h2-6,8,16H,7H2,1H3. The van der Waals surface area contributed by atoms with Crippen molar-refractivity contribution in [2.75, 3.05) is 11.9 Å². The van der Waals surface area contributed by atoms with E-state index in [-0.39, 0.29) is 10.7 Å². The van der Waals surface area contributed by atoms with Gasteiger partial charge < -0.3 is 4.90 Å². The Balaban J connectivity index is 2.00. The van der Waals surface area contributed by atoms with Crippen LogP contribution in [0.5, 0.6) is 0 Å². The summed E-state index contributed by atoms with van der Waals surface area (Å²) in [5.41, 5.74) is 3.99. The number of alkyl halides is 1. The topological polar surface area (TPSA) is 20.3 Å². The van der Waals surface area contributed by atoms with Crippen molar-refractivity contribution in [2.24, 2.45) is 0 Å². The Morgan fingerprint density at radius 2 is 1.95 bits per heavy atom. The number of likely N-dealkylation sites (N-methyl/N-ethyl adjacent to an activating group) is 1. The molecule has 0 bridgehead atoms. The van der Waals surface area contributed by atoms with Gasteiger partial charge in [-0.05, 0) is 41.0 Å². The minimum absolute atomic E-state index is 0.0602. The lowest BCUT2D eigenvalue weighted by Gasteiger charge is -2.15. The van der Waals surface area contributed by atoms with Crippen molar-refractivity contribution >= 4 is 50.7 Å². The molecule has 108 valence electrons. The van der Waals surface area contributed by atoms with E-state index in [1.165, 1.54) is 0 Å². The fourth-order valence-corrected chi connectivity index (χ4v) is 3.74. The summed E-state index contributed by atoms with van der Waals surface area (Å²) < 4.78 is 0. The van der Waals surface area contributed by atoms with E-state index in [0.29, 0.717) is 16.5 Å². The number of hydrogen-bond acceptors (Lipinski definition) is 1. The number of carbonyl (C=O) groups is 1. The van der Waals surface area contributed by atoms with Crippen LogP contribution in [-0.2, 0) is 11.2 Å². The molecule has 3 rings (SSSR count). The number of benzene rings is 2. The first-order valence-corrected chi connectivity index (χ1v) is 8.13. The summed E-state index contributed by atoms with van der Waals surface area (Å²) in [5.74, 6) is 0.120. The summed E-state index contributed by atoms with van der Waals surface area (Å²) in [4.78, 5) is 13.4. The molecule has 1 atom stereocenters. The van der Waals surface area contributed by atoms with Crippen molar-refractivity contribution in [3.05, 3.63) is 63.1 Å². The second-order valence-corrected chi connectivity index (χ2v) is 6.81. The highest BCUT2D eigenvalue weighted by Crippen LogP contribution is 2.39. The van der Waals surface area contributed by atoms with Crippen LogP contribution in [0.2, 0.25) is 10.0 Å². The van der Waals surface area contributed by atoms with Gasteiger partial charge in [0.1, 0.15) is 0 Å². The smallest absolute Gasteiger partial charge is 0.231 e. The average molecular weight is 385 g/mol. The molecule has 1 aliphatic rings. The van der Waals surface area contributed by atoms with Gasteiger partial charge in [0.2, 0.25) is 5.91 Å². The minimum Gasteiger partial charge on any atom is -0.315 e. The quantitative estimate of drug-likeness (QED) is 0.667. The number of rotatable bonds is 2. The molecular weight excluding hydrogens is 373 g/mol. The fourth-order valence-electron chi connectivity index (χ4n) is 2.54. The van der Waals surface area contributed by atoms with E-state index in [0.717, 1.165) is 22.4 Å². The van der Waals surface area contributed by atoms with Gasteiger partial charge in [0.15, 0.2) is 0 Å². The highest BCUT2D eigenvalue weighted by atomic mass is 79.9. The first-order valence-electron chi connectivity index (χ1n) is 6.46. The lowest BCUT2D eigenvalue weighted by molar-refractivity contribution is -0.117. The fraction of sp³-hybridized carbons (Fsp3) is 0.188. The van der Waals surface area contributed by atoms with Gasteiger partial charge in [-0.1, -0.05) is 51.3 Å². The normalized spacial score (nSPS) is 15.2. The SMILES string of the molecule is CN1C(=O)Cc2cc(C(Br)c3cc(Cl)ccc3Cl)ccc21. The number of amides is 1. The molecule has 0 fully saturated rings.